The molecular weight excluding hydrogens is 346 g/mol. The van der Waals surface area contributed by atoms with Crippen LogP contribution >= 0.6 is 31.9 Å². The van der Waals surface area contributed by atoms with Crippen LogP contribution < -0.4 is 5.32 Å². The van der Waals surface area contributed by atoms with Crippen LogP contribution in [0.3, 0.4) is 0 Å². The summed E-state index contributed by atoms with van der Waals surface area (Å²) in [6.45, 7) is 3.96. The van der Waals surface area contributed by atoms with Crippen molar-refractivity contribution in [2.24, 2.45) is 5.41 Å². The van der Waals surface area contributed by atoms with E-state index >= 15 is 0 Å². The van der Waals surface area contributed by atoms with Gasteiger partial charge in [-0.1, -0.05) is 62.2 Å². The number of carbonyl (C=O) groups excluding carboxylic acids is 1. The van der Waals surface area contributed by atoms with E-state index in [4.69, 9.17) is 0 Å². The molecule has 1 fully saturated rings. The predicted octanol–water partition coefficient (Wildman–Crippen LogP) is 3.76. The predicted molar refractivity (Wildman–Crippen MR) is 76.3 cm³/mol. The molecule has 1 aliphatic rings. The number of nitrogens with one attached hydrogen (secondary N) is 1. The van der Waals surface area contributed by atoms with Gasteiger partial charge in [0.25, 0.3) is 0 Å². The third-order valence-corrected chi connectivity index (χ3v) is 5.72. The molecule has 1 aromatic carbocycles. The van der Waals surface area contributed by atoms with E-state index in [1.165, 1.54) is 0 Å². The largest absolute Gasteiger partial charge is 0.349 e. The van der Waals surface area contributed by atoms with Crippen LogP contribution in [0.5, 0.6) is 0 Å². The molecule has 2 rings (SSSR count). The first kappa shape index (κ1) is 13.1. The fraction of sp³-hybridized carbons (Fsp3) is 0.462. The Morgan fingerprint density at radius 2 is 1.88 bits per heavy atom. The molecule has 1 saturated carbocycles. The van der Waals surface area contributed by atoms with E-state index in [9.17, 15) is 4.79 Å². The van der Waals surface area contributed by atoms with Gasteiger partial charge in [-0.15, -0.1) is 0 Å². The zero-order valence-electron chi connectivity index (χ0n) is 9.84. The Hall–Kier alpha value is -0.350. The standard InChI is InChI=1S/C13H15Br2NO/c1-9(10-6-4-3-5-7-10)16-11(17)12(2)8-13(12,14)15/h3-7,9H,8H2,1-2H3,(H,16,17)/t9-,12+/m0/s1. The van der Waals surface area contributed by atoms with Gasteiger partial charge in [-0.2, -0.15) is 0 Å². The lowest BCUT2D eigenvalue weighted by molar-refractivity contribution is -0.126. The maximum Gasteiger partial charge on any atom is 0.228 e. The molecule has 4 heteroatoms. The third kappa shape index (κ3) is 2.43. The fourth-order valence-corrected chi connectivity index (χ4v) is 3.31. The first-order chi connectivity index (χ1) is 7.87. The molecule has 1 aliphatic carbocycles. The van der Waals surface area contributed by atoms with Gasteiger partial charge in [-0.3, -0.25) is 4.79 Å². The highest BCUT2D eigenvalue weighted by Gasteiger charge is 2.66. The van der Waals surface area contributed by atoms with Gasteiger partial charge in [-0.25, -0.2) is 0 Å². The molecule has 0 spiro atoms. The molecule has 0 saturated heterocycles. The Morgan fingerprint density at radius 1 is 1.35 bits per heavy atom. The lowest BCUT2D eigenvalue weighted by Crippen LogP contribution is -2.34. The average Bonchev–Trinajstić information content (AvgIpc) is 2.81. The van der Waals surface area contributed by atoms with Crippen LogP contribution in [0.15, 0.2) is 30.3 Å². The second-order valence-electron chi connectivity index (χ2n) is 4.82. The van der Waals surface area contributed by atoms with Gasteiger partial charge in [0.2, 0.25) is 5.91 Å². The Morgan fingerprint density at radius 3 is 2.35 bits per heavy atom. The van der Waals surface area contributed by atoms with E-state index in [0.29, 0.717) is 0 Å². The van der Waals surface area contributed by atoms with Crippen molar-refractivity contribution in [1.82, 2.24) is 5.32 Å². The number of amides is 1. The highest BCUT2D eigenvalue weighted by molar-refractivity contribution is 9.25. The average molecular weight is 361 g/mol. The fourth-order valence-electron chi connectivity index (χ4n) is 1.83. The van der Waals surface area contributed by atoms with Crippen molar-refractivity contribution in [1.29, 1.82) is 0 Å². The number of halogens is 2. The molecule has 2 nitrogen and oxygen atoms in total. The minimum absolute atomic E-state index is 0.0388. The molecule has 2 atom stereocenters. The molecule has 17 heavy (non-hydrogen) atoms. The minimum Gasteiger partial charge on any atom is -0.349 e. The van der Waals surface area contributed by atoms with Crippen LogP contribution in [0.4, 0.5) is 0 Å². The van der Waals surface area contributed by atoms with E-state index in [2.05, 4.69) is 37.2 Å². The molecule has 0 heterocycles. The zero-order valence-corrected chi connectivity index (χ0v) is 13.0. The lowest BCUT2D eigenvalue weighted by Gasteiger charge is -2.18. The molecular formula is C13H15Br2NO. The molecule has 0 bridgehead atoms. The van der Waals surface area contributed by atoms with Crippen molar-refractivity contribution in [3.63, 3.8) is 0 Å². The zero-order chi connectivity index (χ0) is 12.7. The van der Waals surface area contributed by atoms with Gasteiger partial charge in [0.15, 0.2) is 0 Å². The van der Waals surface area contributed by atoms with Crippen molar-refractivity contribution in [3.05, 3.63) is 35.9 Å². The van der Waals surface area contributed by atoms with Gasteiger partial charge in [0.1, 0.15) is 0 Å². The summed E-state index contributed by atoms with van der Waals surface area (Å²) in [5, 5.41) is 3.06. The van der Waals surface area contributed by atoms with Crippen molar-refractivity contribution in [2.75, 3.05) is 0 Å². The van der Waals surface area contributed by atoms with Crippen molar-refractivity contribution >= 4 is 37.8 Å². The van der Waals surface area contributed by atoms with Gasteiger partial charge in [-0.05, 0) is 25.8 Å². The van der Waals surface area contributed by atoms with Crippen LogP contribution in [0.2, 0.25) is 0 Å². The number of hydrogen-bond donors (Lipinski definition) is 1. The van der Waals surface area contributed by atoms with E-state index in [0.717, 1.165) is 12.0 Å². The highest BCUT2D eigenvalue weighted by Crippen LogP contribution is 2.66. The number of alkyl halides is 2. The SMILES string of the molecule is C[C@H](NC(=O)[C@@]1(C)CC1(Br)Br)c1ccccc1. The number of benzene rings is 1. The summed E-state index contributed by atoms with van der Waals surface area (Å²) < 4.78 is -0.229. The first-order valence-corrected chi connectivity index (χ1v) is 7.19. The van der Waals surface area contributed by atoms with Crippen molar-refractivity contribution in [3.8, 4) is 0 Å². The Labute approximate surface area is 118 Å². The van der Waals surface area contributed by atoms with E-state index in [-0.39, 0.29) is 20.6 Å². The van der Waals surface area contributed by atoms with Crippen LogP contribution in [0, 0.1) is 5.41 Å². The molecule has 1 amide bonds. The Balaban J connectivity index is 2.01. The normalized spacial score (nSPS) is 27.3. The molecule has 0 aliphatic heterocycles. The van der Waals surface area contributed by atoms with Crippen LogP contribution in [-0.4, -0.2) is 9.14 Å². The van der Waals surface area contributed by atoms with Gasteiger partial charge >= 0.3 is 0 Å². The maximum atomic E-state index is 12.2. The summed E-state index contributed by atoms with van der Waals surface area (Å²) >= 11 is 7.02. The second kappa shape index (κ2) is 4.39. The summed E-state index contributed by atoms with van der Waals surface area (Å²) in [6, 6.07) is 10.0. The summed E-state index contributed by atoms with van der Waals surface area (Å²) in [4.78, 5) is 12.2. The third-order valence-electron chi connectivity index (χ3n) is 3.41. The Kier molecular flexibility index (Phi) is 3.38. The topological polar surface area (TPSA) is 29.1 Å². The first-order valence-electron chi connectivity index (χ1n) is 5.60. The number of rotatable bonds is 3. The molecule has 0 aromatic heterocycles. The Bertz CT molecular complexity index is 432. The summed E-state index contributed by atoms with van der Waals surface area (Å²) in [5.74, 6) is 0.0857. The van der Waals surface area contributed by atoms with Crippen LogP contribution in [-0.2, 0) is 4.79 Å². The second-order valence-corrected chi connectivity index (χ2v) is 8.59. The molecule has 92 valence electrons. The minimum atomic E-state index is -0.351. The molecule has 1 N–H and O–H groups in total. The van der Waals surface area contributed by atoms with Crippen molar-refractivity contribution in [2.45, 2.75) is 29.5 Å². The van der Waals surface area contributed by atoms with Gasteiger partial charge in [0.05, 0.1) is 14.7 Å². The molecule has 0 radical (unpaired) electrons. The van der Waals surface area contributed by atoms with E-state index < -0.39 is 0 Å². The molecule has 0 unspecified atom stereocenters. The van der Waals surface area contributed by atoms with Crippen LogP contribution in [0.25, 0.3) is 0 Å². The quantitative estimate of drug-likeness (QED) is 0.817. The summed E-state index contributed by atoms with van der Waals surface area (Å²) in [7, 11) is 0. The monoisotopic (exact) mass is 359 g/mol. The summed E-state index contributed by atoms with van der Waals surface area (Å²) in [5.41, 5.74) is 0.774. The number of hydrogen-bond acceptors (Lipinski definition) is 1. The summed E-state index contributed by atoms with van der Waals surface area (Å²) in [6.07, 6.45) is 0.813. The lowest BCUT2D eigenvalue weighted by atomic mass is 10.1. The smallest absolute Gasteiger partial charge is 0.228 e. The highest BCUT2D eigenvalue weighted by atomic mass is 79.9. The van der Waals surface area contributed by atoms with E-state index in [1.807, 2.05) is 44.2 Å². The van der Waals surface area contributed by atoms with Crippen molar-refractivity contribution < 1.29 is 4.79 Å². The maximum absolute atomic E-state index is 12.2. The van der Waals surface area contributed by atoms with Crippen LogP contribution in [0.1, 0.15) is 31.9 Å². The number of carbonyl (C=O) groups is 1. The van der Waals surface area contributed by atoms with Gasteiger partial charge in [0, 0.05) is 0 Å². The molecule has 1 aromatic rings. The van der Waals surface area contributed by atoms with Gasteiger partial charge < -0.3 is 5.32 Å². The van der Waals surface area contributed by atoms with E-state index in [1.54, 1.807) is 0 Å².